The highest BCUT2D eigenvalue weighted by atomic mass is 32.2. The van der Waals surface area contributed by atoms with E-state index in [4.69, 9.17) is 0 Å². The van der Waals surface area contributed by atoms with Crippen LogP contribution >= 0.6 is 0 Å². The van der Waals surface area contributed by atoms with Gasteiger partial charge in [-0.1, -0.05) is 25.8 Å². The second kappa shape index (κ2) is 8.97. The number of aryl methyl sites for hydroxylation is 2. The molecule has 1 amide bonds. The van der Waals surface area contributed by atoms with Crippen molar-refractivity contribution in [3.8, 4) is 0 Å². The Morgan fingerprint density at radius 3 is 2.47 bits per heavy atom. The molecule has 1 saturated heterocycles. The largest absolute Gasteiger partial charge is 0.352 e. The highest BCUT2D eigenvalue weighted by Crippen LogP contribution is 2.27. The Kier molecular flexibility index (Phi) is 6.51. The van der Waals surface area contributed by atoms with Gasteiger partial charge in [0, 0.05) is 32.2 Å². The molecule has 1 aromatic rings. The van der Waals surface area contributed by atoms with Crippen molar-refractivity contribution in [3.05, 3.63) is 29.3 Å². The molecule has 0 spiro atoms. The van der Waals surface area contributed by atoms with Crippen LogP contribution in [0.2, 0.25) is 0 Å². The second-order valence-corrected chi connectivity index (χ2v) is 11.2. The molecule has 1 aliphatic heterocycles. The first-order chi connectivity index (χ1) is 14.4. The minimum absolute atomic E-state index is 0.0729. The van der Waals surface area contributed by atoms with Crippen molar-refractivity contribution in [2.24, 2.45) is 5.92 Å². The number of carbonyl (C=O) groups excluding carboxylic acids is 1. The molecular weight excluding hydrogens is 398 g/mol. The van der Waals surface area contributed by atoms with Gasteiger partial charge in [0.05, 0.1) is 10.9 Å². The van der Waals surface area contributed by atoms with Gasteiger partial charge >= 0.3 is 0 Å². The van der Waals surface area contributed by atoms with Crippen molar-refractivity contribution >= 4 is 15.9 Å². The molecular formula is C23H35N3O3S. The fourth-order valence-electron chi connectivity index (χ4n) is 5.19. The lowest BCUT2D eigenvalue weighted by Crippen LogP contribution is -2.56. The van der Waals surface area contributed by atoms with Crippen LogP contribution in [-0.4, -0.2) is 61.8 Å². The van der Waals surface area contributed by atoms with Gasteiger partial charge in [0.25, 0.3) is 0 Å². The Bertz CT molecular complexity index is 878. The summed E-state index contributed by atoms with van der Waals surface area (Å²) in [6, 6.07) is 5.64. The zero-order valence-corrected chi connectivity index (χ0v) is 19.1. The summed E-state index contributed by atoms with van der Waals surface area (Å²) in [6.45, 7) is 6.18. The first-order valence-corrected chi connectivity index (χ1v) is 13.0. The van der Waals surface area contributed by atoms with E-state index in [0.29, 0.717) is 37.0 Å². The third-order valence-electron chi connectivity index (χ3n) is 7.35. The van der Waals surface area contributed by atoms with E-state index < -0.39 is 10.0 Å². The number of hydrogen-bond donors (Lipinski definition) is 1. The molecule has 3 atom stereocenters. The van der Waals surface area contributed by atoms with Crippen LogP contribution in [0.3, 0.4) is 0 Å². The van der Waals surface area contributed by atoms with Gasteiger partial charge in [-0.3, -0.25) is 9.69 Å². The molecule has 30 heavy (non-hydrogen) atoms. The third kappa shape index (κ3) is 4.43. The molecule has 0 bridgehead atoms. The van der Waals surface area contributed by atoms with E-state index in [1.807, 2.05) is 19.1 Å². The van der Waals surface area contributed by atoms with Crippen molar-refractivity contribution in [2.45, 2.75) is 75.8 Å². The Morgan fingerprint density at radius 1 is 1.03 bits per heavy atom. The van der Waals surface area contributed by atoms with E-state index >= 15 is 0 Å². The summed E-state index contributed by atoms with van der Waals surface area (Å²) in [4.78, 5) is 15.3. The second-order valence-electron chi connectivity index (χ2n) is 9.28. The summed E-state index contributed by atoms with van der Waals surface area (Å²) < 4.78 is 27.8. The predicted octanol–water partition coefficient (Wildman–Crippen LogP) is 2.57. The maximum Gasteiger partial charge on any atom is 0.243 e. The summed E-state index contributed by atoms with van der Waals surface area (Å²) >= 11 is 0. The minimum Gasteiger partial charge on any atom is -0.352 e. The average molecular weight is 434 g/mol. The maximum atomic E-state index is 13.1. The number of nitrogens with zero attached hydrogens (tertiary/aromatic N) is 2. The van der Waals surface area contributed by atoms with Gasteiger partial charge < -0.3 is 5.32 Å². The Balaban J connectivity index is 1.34. The molecule has 166 valence electrons. The predicted molar refractivity (Wildman–Crippen MR) is 118 cm³/mol. The normalized spacial score (nSPS) is 26.9. The molecule has 1 heterocycles. The lowest BCUT2D eigenvalue weighted by Gasteiger charge is -2.38. The topological polar surface area (TPSA) is 69.7 Å². The molecule has 3 aliphatic rings. The number of fused-ring (bicyclic) bond motifs is 1. The van der Waals surface area contributed by atoms with Crippen LogP contribution < -0.4 is 5.32 Å². The molecule has 0 unspecified atom stereocenters. The summed E-state index contributed by atoms with van der Waals surface area (Å²) in [5.74, 6) is 0.605. The van der Waals surface area contributed by atoms with Crippen molar-refractivity contribution in [1.82, 2.24) is 14.5 Å². The van der Waals surface area contributed by atoms with Crippen LogP contribution in [0.5, 0.6) is 0 Å². The van der Waals surface area contributed by atoms with Crippen molar-refractivity contribution in [2.75, 3.05) is 26.2 Å². The minimum atomic E-state index is -3.48. The first kappa shape index (κ1) is 21.8. The Morgan fingerprint density at radius 2 is 1.73 bits per heavy atom. The summed E-state index contributed by atoms with van der Waals surface area (Å²) in [5.41, 5.74) is 2.46. The summed E-state index contributed by atoms with van der Waals surface area (Å²) in [6.07, 6.45) is 7.81. The number of nitrogens with one attached hydrogen (secondary N) is 1. The van der Waals surface area contributed by atoms with Crippen LogP contribution in [0.4, 0.5) is 0 Å². The van der Waals surface area contributed by atoms with E-state index in [9.17, 15) is 13.2 Å². The number of amides is 1. The molecule has 4 rings (SSSR count). The molecule has 6 nitrogen and oxygen atoms in total. The standard InChI is InChI=1S/C23H35N3O3S/c1-17-6-3-4-9-22(17)24-23(27)18(2)25-12-14-26(15-13-25)30(28,29)21-11-10-19-7-5-8-20(19)16-21/h10-11,16-18,22H,3-9,12-15H2,1-2H3,(H,24,27)/t17-,18-,22+/m1/s1. The Labute approximate surface area is 181 Å². The third-order valence-corrected chi connectivity index (χ3v) is 9.24. The van der Waals surface area contributed by atoms with Crippen LogP contribution in [0.15, 0.2) is 23.1 Å². The zero-order chi connectivity index (χ0) is 21.3. The molecule has 0 aromatic heterocycles. The number of sulfonamides is 1. The highest BCUT2D eigenvalue weighted by molar-refractivity contribution is 7.89. The van der Waals surface area contributed by atoms with Gasteiger partial charge in [-0.25, -0.2) is 8.42 Å². The van der Waals surface area contributed by atoms with Crippen LogP contribution in [0.1, 0.15) is 57.1 Å². The van der Waals surface area contributed by atoms with Gasteiger partial charge in [-0.05, 0) is 68.2 Å². The van der Waals surface area contributed by atoms with Crippen LogP contribution in [0.25, 0.3) is 0 Å². The number of rotatable bonds is 5. The number of piperazine rings is 1. The zero-order valence-electron chi connectivity index (χ0n) is 18.3. The Hall–Kier alpha value is -1.44. The smallest absolute Gasteiger partial charge is 0.243 e. The van der Waals surface area contributed by atoms with Crippen molar-refractivity contribution in [3.63, 3.8) is 0 Å². The number of benzene rings is 1. The van der Waals surface area contributed by atoms with Crippen molar-refractivity contribution in [1.29, 1.82) is 0 Å². The molecule has 1 N–H and O–H groups in total. The average Bonchev–Trinajstić information content (AvgIpc) is 3.23. The van der Waals surface area contributed by atoms with Gasteiger partial charge in [-0.2, -0.15) is 4.31 Å². The van der Waals surface area contributed by atoms with Gasteiger partial charge in [0.15, 0.2) is 0 Å². The lowest BCUT2D eigenvalue weighted by molar-refractivity contribution is -0.127. The van der Waals surface area contributed by atoms with Crippen LogP contribution in [0, 0.1) is 5.92 Å². The monoisotopic (exact) mass is 433 g/mol. The maximum absolute atomic E-state index is 13.1. The molecule has 1 saturated carbocycles. The van der Waals surface area contributed by atoms with E-state index in [-0.39, 0.29) is 18.0 Å². The van der Waals surface area contributed by atoms with Crippen molar-refractivity contribution < 1.29 is 13.2 Å². The van der Waals surface area contributed by atoms with Crippen LogP contribution in [-0.2, 0) is 27.7 Å². The fourth-order valence-corrected chi connectivity index (χ4v) is 6.66. The SMILES string of the molecule is C[C@@H]1CCCC[C@@H]1NC(=O)[C@@H](C)N1CCN(S(=O)(=O)c2ccc3c(c2)CCC3)CC1. The quantitative estimate of drug-likeness (QED) is 0.775. The molecule has 1 aromatic carbocycles. The molecule has 2 aliphatic carbocycles. The highest BCUT2D eigenvalue weighted by Gasteiger charge is 2.33. The first-order valence-electron chi connectivity index (χ1n) is 11.5. The molecule has 7 heteroatoms. The van der Waals surface area contributed by atoms with E-state index in [1.165, 1.54) is 30.4 Å². The van der Waals surface area contributed by atoms with E-state index in [1.54, 1.807) is 10.4 Å². The lowest BCUT2D eigenvalue weighted by atomic mass is 9.86. The van der Waals surface area contributed by atoms with E-state index in [0.717, 1.165) is 25.7 Å². The van der Waals surface area contributed by atoms with Gasteiger partial charge in [-0.15, -0.1) is 0 Å². The molecule has 2 fully saturated rings. The number of hydrogen-bond acceptors (Lipinski definition) is 4. The van der Waals surface area contributed by atoms with Gasteiger partial charge in [0.1, 0.15) is 0 Å². The van der Waals surface area contributed by atoms with E-state index in [2.05, 4.69) is 17.1 Å². The molecule has 0 radical (unpaired) electrons. The summed E-state index contributed by atoms with van der Waals surface area (Å²) in [5, 5.41) is 3.24. The number of carbonyl (C=O) groups is 1. The fraction of sp³-hybridized carbons (Fsp3) is 0.696. The van der Waals surface area contributed by atoms with Gasteiger partial charge in [0.2, 0.25) is 15.9 Å². The summed E-state index contributed by atoms with van der Waals surface area (Å²) in [7, 11) is -3.48.